The van der Waals surface area contributed by atoms with E-state index in [1.165, 1.54) is 0 Å². The number of phenolic OH excluding ortho intramolecular Hbond substituents is 1. The van der Waals surface area contributed by atoms with Gasteiger partial charge in [-0.1, -0.05) is 6.07 Å². The summed E-state index contributed by atoms with van der Waals surface area (Å²) in [6.07, 6.45) is 1.69. The molecule has 0 unspecified atom stereocenters. The highest BCUT2D eigenvalue weighted by Gasteiger charge is 2.01. The second kappa shape index (κ2) is 4.49. The van der Waals surface area contributed by atoms with Gasteiger partial charge in [-0.15, -0.1) is 0 Å². The molecule has 0 saturated heterocycles. The first-order valence-corrected chi connectivity index (χ1v) is 5.49. The van der Waals surface area contributed by atoms with E-state index in [4.69, 9.17) is 0 Å². The molecule has 2 rings (SSSR count). The molecule has 2 N–H and O–H groups in total. The van der Waals surface area contributed by atoms with Crippen molar-refractivity contribution in [2.75, 3.05) is 5.32 Å². The van der Waals surface area contributed by atoms with E-state index in [1.54, 1.807) is 24.4 Å². The first kappa shape index (κ1) is 10.9. The summed E-state index contributed by atoms with van der Waals surface area (Å²) in [5.41, 5.74) is 1.61. The number of aromatic nitrogens is 2. The Kier molecular flexibility index (Phi) is 3.05. The molecule has 0 saturated carbocycles. The highest BCUT2D eigenvalue weighted by molar-refractivity contribution is 9.10. The summed E-state index contributed by atoms with van der Waals surface area (Å²) in [5.74, 6) is 0.713. The quantitative estimate of drug-likeness (QED) is 0.887. The van der Waals surface area contributed by atoms with Crippen LogP contribution in [0, 0.1) is 6.92 Å². The lowest BCUT2D eigenvalue weighted by molar-refractivity contribution is 0.475. The van der Waals surface area contributed by atoms with E-state index in [9.17, 15) is 5.11 Å². The van der Waals surface area contributed by atoms with Gasteiger partial charge in [0, 0.05) is 18.0 Å². The second-order valence-corrected chi connectivity index (χ2v) is 4.16. The molecule has 0 aliphatic carbocycles. The summed E-state index contributed by atoms with van der Waals surface area (Å²) >= 11 is 3.33. The van der Waals surface area contributed by atoms with Crippen LogP contribution in [0.2, 0.25) is 0 Å². The van der Waals surface area contributed by atoms with Gasteiger partial charge in [-0.25, -0.2) is 9.97 Å². The first-order valence-electron chi connectivity index (χ1n) is 4.70. The minimum atomic E-state index is 0.207. The summed E-state index contributed by atoms with van der Waals surface area (Å²) < 4.78 is 0.869. The van der Waals surface area contributed by atoms with Crippen LogP contribution >= 0.6 is 15.9 Å². The third-order valence-electron chi connectivity index (χ3n) is 2.02. The fraction of sp³-hybridized carbons (Fsp3) is 0.0909. The Balaban J connectivity index is 2.24. The van der Waals surface area contributed by atoms with Crippen LogP contribution in [0.4, 0.5) is 11.6 Å². The van der Waals surface area contributed by atoms with Gasteiger partial charge in [0.2, 0.25) is 5.95 Å². The number of rotatable bonds is 2. The number of halogens is 1. The van der Waals surface area contributed by atoms with E-state index in [2.05, 4.69) is 31.2 Å². The third-order valence-corrected chi connectivity index (χ3v) is 2.80. The number of hydrogen-bond acceptors (Lipinski definition) is 4. The minimum Gasteiger partial charge on any atom is -0.508 e. The molecule has 1 aromatic carbocycles. The first-order chi connectivity index (χ1) is 7.65. The van der Waals surface area contributed by atoms with Crippen molar-refractivity contribution in [1.82, 2.24) is 9.97 Å². The molecule has 4 nitrogen and oxygen atoms in total. The Morgan fingerprint density at radius 2 is 2.19 bits per heavy atom. The fourth-order valence-electron chi connectivity index (χ4n) is 1.23. The van der Waals surface area contributed by atoms with Crippen molar-refractivity contribution < 1.29 is 5.11 Å². The topological polar surface area (TPSA) is 58.0 Å². The molecule has 0 atom stereocenters. The normalized spacial score (nSPS) is 10.1. The molecule has 0 spiro atoms. The Hall–Kier alpha value is -1.62. The third kappa shape index (κ3) is 2.49. The number of hydrogen-bond donors (Lipinski definition) is 2. The van der Waals surface area contributed by atoms with E-state index in [0.29, 0.717) is 5.95 Å². The van der Waals surface area contributed by atoms with Crippen LogP contribution in [-0.4, -0.2) is 15.1 Å². The predicted molar refractivity (Wildman–Crippen MR) is 65.9 cm³/mol. The van der Waals surface area contributed by atoms with Gasteiger partial charge in [-0.2, -0.15) is 0 Å². The molecule has 0 aliphatic heterocycles. The SMILES string of the molecule is Cc1nc(Nc2cccc(O)c2)ncc1Br. The largest absolute Gasteiger partial charge is 0.508 e. The summed E-state index contributed by atoms with van der Waals surface area (Å²) in [4.78, 5) is 8.36. The van der Waals surface area contributed by atoms with Gasteiger partial charge in [0.25, 0.3) is 0 Å². The molecule has 16 heavy (non-hydrogen) atoms. The van der Waals surface area contributed by atoms with Crippen molar-refractivity contribution >= 4 is 27.6 Å². The van der Waals surface area contributed by atoms with Gasteiger partial charge in [-0.3, -0.25) is 0 Å². The van der Waals surface area contributed by atoms with Gasteiger partial charge in [-0.05, 0) is 35.0 Å². The van der Waals surface area contributed by atoms with Crippen LogP contribution in [0.5, 0.6) is 5.75 Å². The number of aromatic hydroxyl groups is 1. The van der Waals surface area contributed by atoms with E-state index >= 15 is 0 Å². The zero-order valence-corrected chi connectivity index (χ0v) is 10.2. The Morgan fingerprint density at radius 3 is 2.88 bits per heavy atom. The van der Waals surface area contributed by atoms with Crippen molar-refractivity contribution in [3.05, 3.63) is 40.6 Å². The summed E-state index contributed by atoms with van der Waals surface area (Å²) in [6, 6.07) is 6.81. The maximum Gasteiger partial charge on any atom is 0.227 e. The lowest BCUT2D eigenvalue weighted by atomic mass is 10.3. The van der Waals surface area contributed by atoms with E-state index < -0.39 is 0 Å². The van der Waals surface area contributed by atoms with Crippen molar-refractivity contribution in [3.63, 3.8) is 0 Å². The molecule has 0 radical (unpaired) electrons. The Labute approximate surface area is 102 Å². The molecule has 1 heterocycles. The zero-order chi connectivity index (χ0) is 11.5. The monoisotopic (exact) mass is 279 g/mol. The van der Waals surface area contributed by atoms with Crippen molar-refractivity contribution in [1.29, 1.82) is 0 Å². The minimum absolute atomic E-state index is 0.207. The molecule has 2 aromatic rings. The number of anilines is 2. The number of phenols is 1. The predicted octanol–water partition coefficient (Wildman–Crippen LogP) is 3.00. The van der Waals surface area contributed by atoms with Gasteiger partial charge in [0.1, 0.15) is 5.75 Å². The van der Waals surface area contributed by atoms with Crippen molar-refractivity contribution in [3.8, 4) is 5.75 Å². The van der Waals surface area contributed by atoms with Crippen molar-refractivity contribution in [2.45, 2.75) is 6.92 Å². The van der Waals surface area contributed by atoms with Crippen molar-refractivity contribution in [2.24, 2.45) is 0 Å². The standard InChI is InChI=1S/C11H10BrN3O/c1-7-10(12)6-13-11(14-7)15-8-3-2-4-9(16)5-8/h2-6,16H,1H3,(H,13,14,15). The summed E-state index contributed by atoms with van der Waals surface area (Å²) in [5, 5.41) is 12.3. The molecule has 82 valence electrons. The maximum atomic E-state index is 9.30. The zero-order valence-electron chi connectivity index (χ0n) is 8.61. The van der Waals surface area contributed by atoms with Gasteiger partial charge < -0.3 is 10.4 Å². The molecule has 0 fully saturated rings. The van der Waals surface area contributed by atoms with Crippen LogP contribution in [-0.2, 0) is 0 Å². The molecule has 0 bridgehead atoms. The molecule has 5 heteroatoms. The summed E-state index contributed by atoms with van der Waals surface area (Å²) in [7, 11) is 0. The van der Waals surface area contributed by atoms with Crippen LogP contribution in [0.25, 0.3) is 0 Å². The molecule has 1 aromatic heterocycles. The van der Waals surface area contributed by atoms with Crippen LogP contribution in [0.1, 0.15) is 5.69 Å². The Bertz CT molecular complexity index is 516. The van der Waals surface area contributed by atoms with E-state index in [0.717, 1.165) is 15.9 Å². The van der Waals surface area contributed by atoms with Gasteiger partial charge in [0.15, 0.2) is 0 Å². The number of benzene rings is 1. The van der Waals surface area contributed by atoms with Crippen LogP contribution < -0.4 is 5.32 Å². The average molecular weight is 280 g/mol. The fourth-order valence-corrected chi connectivity index (χ4v) is 1.42. The molecular weight excluding hydrogens is 270 g/mol. The highest BCUT2D eigenvalue weighted by Crippen LogP contribution is 2.20. The average Bonchev–Trinajstić information content (AvgIpc) is 2.24. The van der Waals surface area contributed by atoms with E-state index in [-0.39, 0.29) is 5.75 Å². The van der Waals surface area contributed by atoms with Gasteiger partial charge in [0.05, 0.1) is 10.2 Å². The molecule has 0 amide bonds. The van der Waals surface area contributed by atoms with Crippen LogP contribution in [0.15, 0.2) is 34.9 Å². The lowest BCUT2D eigenvalue weighted by Crippen LogP contribution is -1.98. The van der Waals surface area contributed by atoms with Gasteiger partial charge >= 0.3 is 0 Å². The summed E-state index contributed by atoms with van der Waals surface area (Å²) in [6.45, 7) is 1.89. The number of nitrogens with zero attached hydrogens (tertiary/aromatic N) is 2. The second-order valence-electron chi connectivity index (χ2n) is 3.30. The smallest absolute Gasteiger partial charge is 0.227 e. The molecular formula is C11H10BrN3O. The van der Waals surface area contributed by atoms with E-state index in [1.807, 2.05) is 13.0 Å². The van der Waals surface area contributed by atoms with Crippen LogP contribution in [0.3, 0.4) is 0 Å². The number of aryl methyl sites for hydroxylation is 1. The Morgan fingerprint density at radius 1 is 1.38 bits per heavy atom. The lowest BCUT2D eigenvalue weighted by Gasteiger charge is -2.06. The maximum absolute atomic E-state index is 9.30. The molecule has 0 aliphatic rings. The number of nitrogens with one attached hydrogen (secondary N) is 1. The highest BCUT2D eigenvalue weighted by atomic mass is 79.9.